The zero-order valence-electron chi connectivity index (χ0n) is 37.7. The van der Waals surface area contributed by atoms with Crippen LogP contribution < -0.4 is 20.1 Å². The summed E-state index contributed by atoms with van der Waals surface area (Å²) in [6.45, 7) is 6.36. The molecule has 2 amide bonds. The van der Waals surface area contributed by atoms with Gasteiger partial charge in [-0.1, -0.05) is 51.3 Å². The van der Waals surface area contributed by atoms with Crippen molar-refractivity contribution >= 4 is 63.7 Å². The van der Waals surface area contributed by atoms with Gasteiger partial charge in [0.1, 0.15) is 41.3 Å². The van der Waals surface area contributed by atoms with E-state index in [4.69, 9.17) is 21.1 Å². The quantitative estimate of drug-likeness (QED) is 0.0484. The van der Waals surface area contributed by atoms with Gasteiger partial charge in [-0.3, -0.25) is 28.5 Å². The number of carbonyl (C=O) groups excluding carboxylic acids is 5. The van der Waals surface area contributed by atoms with E-state index in [9.17, 15) is 52.6 Å². The molecule has 1 aromatic heterocycles. The third-order valence-corrected chi connectivity index (χ3v) is 11.4. The van der Waals surface area contributed by atoms with Crippen LogP contribution >= 0.6 is 11.6 Å². The summed E-state index contributed by atoms with van der Waals surface area (Å²) in [6.07, 6.45) is 0.705. The number of nitrogens with zero attached hydrogens (tertiary/aromatic N) is 1. The molecule has 4 aromatic carbocycles. The number of fused-ring (bicyclic) bond motifs is 1. The van der Waals surface area contributed by atoms with Crippen LogP contribution in [0.5, 0.6) is 11.5 Å². The summed E-state index contributed by atoms with van der Waals surface area (Å²) in [5.74, 6) is -6.24. The highest BCUT2D eigenvalue weighted by atomic mass is 35.5. The Morgan fingerprint density at radius 2 is 1.49 bits per heavy atom. The summed E-state index contributed by atoms with van der Waals surface area (Å²) in [6, 6.07) is 15.8. The molecular weight excluding hydrogens is 892 g/mol. The van der Waals surface area contributed by atoms with Crippen molar-refractivity contribution in [3.8, 4) is 22.6 Å². The summed E-state index contributed by atoms with van der Waals surface area (Å²) in [4.78, 5) is 90.8. The maximum Gasteiger partial charge on any atom is 0.339 e. The number of hydrogen-bond donors (Lipinski definition) is 4. The highest BCUT2D eigenvalue weighted by Crippen LogP contribution is 2.32. The number of carboxylic acids is 2. The Morgan fingerprint density at radius 1 is 0.791 bits per heavy atom. The summed E-state index contributed by atoms with van der Waals surface area (Å²) < 4.78 is 40.1. The van der Waals surface area contributed by atoms with Crippen molar-refractivity contribution in [3.05, 3.63) is 118 Å². The molecular formula is C50H52ClF2N3O11. The summed E-state index contributed by atoms with van der Waals surface area (Å²) >= 11 is 6.03. The van der Waals surface area contributed by atoms with Crippen LogP contribution in [0.4, 0.5) is 8.78 Å². The van der Waals surface area contributed by atoms with E-state index in [1.807, 2.05) is 0 Å². The van der Waals surface area contributed by atoms with Crippen LogP contribution in [0.15, 0.2) is 78.9 Å². The fraction of sp³-hybridized carbons (Fsp3) is 0.340. The summed E-state index contributed by atoms with van der Waals surface area (Å²) in [7, 11) is 1.48. The highest BCUT2D eigenvalue weighted by Gasteiger charge is 2.31. The van der Waals surface area contributed by atoms with Crippen LogP contribution in [0.1, 0.15) is 97.7 Å². The molecule has 0 radical (unpaired) electrons. The van der Waals surface area contributed by atoms with E-state index < -0.39 is 59.5 Å². The number of aromatic nitrogens is 1. The van der Waals surface area contributed by atoms with Gasteiger partial charge in [-0.05, 0) is 104 Å². The number of ether oxygens (including phenoxy) is 2. The minimum absolute atomic E-state index is 0.0101. The Labute approximate surface area is 390 Å². The number of nitrogens with one attached hydrogen (secondary N) is 2. The lowest BCUT2D eigenvalue weighted by Gasteiger charge is -2.26. The summed E-state index contributed by atoms with van der Waals surface area (Å²) in [5, 5.41) is 26.0. The molecule has 354 valence electrons. The third-order valence-electron chi connectivity index (χ3n) is 11.1. The molecule has 0 aliphatic carbocycles. The van der Waals surface area contributed by atoms with Gasteiger partial charge in [0.25, 0.3) is 5.91 Å². The minimum Gasteiger partial charge on any atom is -0.497 e. The van der Waals surface area contributed by atoms with Gasteiger partial charge in [0, 0.05) is 51.6 Å². The largest absolute Gasteiger partial charge is 0.497 e. The first kappa shape index (κ1) is 51.1. The number of carbonyl (C=O) groups is 7. The average molecular weight is 944 g/mol. The fourth-order valence-electron chi connectivity index (χ4n) is 7.58. The molecule has 14 nitrogen and oxygen atoms in total. The number of hydrogen-bond acceptors (Lipinski definition) is 9. The van der Waals surface area contributed by atoms with Gasteiger partial charge in [-0.15, -0.1) is 0 Å². The number of amides is 2. The van der Waals surface area contributed by atoms with E-state index in [0.29, 0.717) is 63.8 Å². The minimum atomic E-state index is -1.46. The molecule has 0 saturated carbocycles. The topological polar surface area (TPSA) is 207 Å². The van der Waals surface area contributed by atoms with Crippen LogP contribution in [-0.4, -0.2) is 81.8 Å². The number of ketones is 2. The second-order valence-corrected chi connectivity index (χ2v) is 17.5. The van der Waals surface area contributed by atoms with Crippen LogP contribution in [0.3, 0.4) is 0 Å². The lowest BCUT2D eigenvalue weighted by Crippen LogP contribution is -2.46. The molecule has 0 saturated heterocycles. The van der Waals surface area contributed by atoms with Gasteiger partial charge >= 0.3 is 11.9 Å². The average Bonchev–Trinajstić information content (AvgIpc) is 3.54. The van der Waals surface area contributed by atoms with Crippen LogP contribution in [-0.2, 0) is 30.4 Å². The monoisotopic (exact) mass is 943 g/mol. The molecule has 0 aliphatic heterocycles. The van der Waals surface area contributed by atoms with E-state index in [1.54, 1.807) is 70.2 Å². The molecule has 4 N–H and O–H groups in total. The van der Waals surface area contributed by atoms with Crippen molar-refractivity contribution < 1.29 is 62.0 Å². The standard InChI is InChI=1S/C50H52ClF2N3O11/c1-28-36(37-25-34(66-5)17-20-42(37)56(28)47(61)29-11-14-31(51)15-12-29)26-45(59)55-41(49(64)65)19-22-44(58)54-40(46(60)50(2,3)4)10-8-6-7-9-33(57)27-67-43-21-13-30(23-38(43)48(62)63)35-18-16-32(52)24-39(35)53/h11-18,20-21,23-25,40-41H,6-10,19,22,26-27H2,1-5H3,(H,54,58)(H,55,59)(H,62,63)(H,64,65)/t40-,41-/m0/s1. The maximum atomic E-state index is 14.3. The molecule has 5 aromatic rings. The van der Waals surface area contributed by atoms with Crippen LogP contribution in [0, 0.1) is 24.0 Å². The van der Waals surface area contributed by atoms with E-state index in [2.05, 4.69) is 10.6 Å². The molecule has 0 unspecified atom stereocenters. The fourth-order valence-corrected chi connectivity index (χ4v) is 7.71. The number of methoxy groups -OCH3 is 1. The van der Waals surface area contributed by atoms with Gasteiger partial charge < -0.3 is 30.3 Å². The first-order valence-electron chi connectivity index (χ1n) is 21.5. The number of unbranched alkanes of at least 4 members (excludes halogenated alkanes) is 2. The van der Waals surface area contributed by atoms with Gasteiger partial charge in [0.05, 0.1) is 25.1 Å². The molecule has 0 spiro atoms. The van der Waals surface area contributed by atoms with Crippen molar-refractivity contribution in [2.24, 2.45) is 5.41 Å². The zero-order chi connectivity index (χ0) is 49.2. The van der Waals surface area contributed by atoms with Gasteiger partial charge in [0.15, 0.2) is 11.6 Å². The molecule has 0 aliphatic rings. The second kappa shape index (κ2) is 22.5. The van der Waals surface area contributed by atoms with Crippen molar-refractivity contribution in [3.63, 3.8) is 0 Å². The zero-order valence-corrected chi connectivity index (χ0v) is 38.4. The molecule has 1 heterocycles. The Kier molecular flexibility index (Phi) is 17.1. The van der Waals surface area contributed by atoms with Crippen LogP contribution in [0.25, 0.3) is 22.0 Å². The smallest absolute Gasteiger partial charge is 0.339 e. The molecule has 0 bridgehead atoms. The van der Waals surface area contributed by atoms with Gasteiger partial charge in [-0.25, -0.2) is 18.4 Å². The van der Waals surface area contributed by atoms with E-state index in [-0.39, 0.29) is 72.0 Å². The van der Waals surface area contributed by atoms with E-state index >= 15 is 0 Å². The van der Waals surface area contributed by atoms with Gasteiger partial charge in [0.2, 0.25) is 11.8 Å². The molecule has 17 heteroatoms. The number of aliphatic carboxylic acids is 1. The van der Waals surface area contributed by atoms with Crippen molar-refractivity contribution in [2.45, 2.75) is 91.1 Å². The normalized spacial score (nSPS) is 12.2. The molecule has 2 atom stereocenters. The Hall–Kier alpha value is -6.94. The summed E-state index contributed by atoms with van der Waals surface area (Å²) in [5.41, 5.74) is 0.807. The van der Waals surface area contributed by atoms with Crippen LogP contribution in [0.2, 0.25) is 5.02 Å². The number of benzene rings is 4. The van der Waals surface area contributed by atoms with Crippen molar-refractivity contribution in [2.75, 3.05) is 13.7 Å². The molecule has 0 fully saturated rings. The predicted octanol–water partition coefficient (Wildman–Crippen LogP) is 8.53. The lowest BCUT2D eigenvalue weighted by atomic mass is 9.84. The Balaban J connectivity index is 1.14. The number of carboxylic acid groups (broad SMARTS) is 2. The first-order chi connectivity index (χ1) is 31.7. The molecule has 67 heavy (non-hydrogen) atoms. The number of halogens is 3. The highest BCUT2D eigenvalue weighted by molar-refractivity contribution is 6.30. The first-order valence-corrected chi connectivity index (χ1v) is 21.9. The van der Waals surface area contributed by atoms with E-state index in [0.717, 1.165) is 6.07 Å². The number of Topliss-reactive ketones (excluding diaryl/α,β-unsaturated/α-hetero) is 2. The van der Waals surface area contributed by atoms with Crippen molar-refractivity contribution in [1.82, 2.24) is 15.2 Å². The van der Waals surface area contributed by atoms with E-state index in [1.165, 1.54) is 35.9 Å². The number of rotatable bonds is 22. The third kappa shape index (κ3) is 13.3. The second-order valence-electron chi connectivity index (χ2n) is 17.1. The Bertz CT molecular complexity index is 2690. The number of aromatic carboxylic acids is 1. The Morgan fingerprint density at radius 3 is 2.13 bits per heavy atom. The van der Waals surface area contributed by atoms with Crippen molar-refractivity contribution in [1.29, 1.82) is 0 Å². The van der Waals surface area contributed by atoms with Gasteiger partial charge in [-0.2, -0.15) is 0 Å². The predicted molar refractivity (Wildman–Crippen MR) is 246 cm³/mol. The maximum absolute atomic E-state index is 14.3. The SMILES string of the molecule is COc1ccc2c(c1)c(CC(=O)N[C@@H](CCC(=O)N[C@@H](CCCCCC(=O)COc1ccc(-c3ccc(F)cc3F)cc1C(=O)O)C(=O)C(C)(C)C)C(=O)O)c(C)n2C(=O)c1ccc(Cl)cc1. The lowest BCUT2D eigenvalue weighted by molar-refractivity contribution is -0.142. The molecule has 5 rings (SSSR count).